The number of amides is 1. The van der Waals surface area contributed by atoms with Crippen LogP contribution >= 0.6 is 11.3 Å². The molecular weight excluding hydrogens is 355 g/mol. The van der Waals surface area contributed by atoms with Gasteiger partial charge >= 0.3 is 4.87 Å². The summed E-state index contributed by atoms with van der Waals surface area (Å²) in [5, 5.41) is 2.76. The van der Waals surface area contributed by atoms with Crippen molar-refractivity contribution >= 4 is 17.2 Å². The monoisotopic (exact) mass is 374 g/mol. The van der Waals surface area contributed by atoms with Crippen molar-refractivity contribution < 1.29 is 9.18 Å². The molecule has 1 N–H and O–H groups in total. The topological polar surface area (TPSA) is 68.9 Å². The van der Waals surface area contributed by atoms with Crippen molar-refractivity contribution in [2.24, 2.45) is 0 Å². The summed E-state index contributed by atoms with van der Waals surface area (Å²) in [5.74, 6) is -0.565. The lowest BCUT2D eigenvalue weighted by molar-refractivity contribution is -0.121. The van der Waals surface area contributed by atoms with E-state index in [0.717, 1.165) is 10.6 Å². The Labute approximate surface area is 153 Å². The zero-order valence-corrected chi connectivity index (χ0v) is 15.3. The quantitative estimate of drug-likeness (QED) is 0.721. The van der Waals surface area contributed by atoms with Gasteiger partial charge in [0.1, 0.15) is 5.82 Å². The second kappa shape index (κ2) is 7.65. The average Bonchev–Trinajstić information content (AvgIpc) is 3.21. The number of benzene rings is 1. The highest BCUT2D eigenvalue weighted by Gasteiger charge is 2.10. The molecule has 0 aliphatic carbocycles. The number of aromatic nitrogens is 3. The molecule has 0 atom stereocenters. The van der Waals surface area contributed by atoms with E-state index in [2.05, 4.69) is 10.3 Å². The summed E-state index contributed by atoms with van der Waals surface area (Å²) in [5.41, 5.74) is 1.96. The second-order valence-corrected chi connectivity index (χ2v) is 7.11. The summed E-state index contributed by atoms with van der Waals surface area (Å²) < 4.78 is 17.4. The van der Waals surface area contributed by atoms with Crippen LogP contribution in [0.2, 0.25) is 0 Å². The van der Waals surface area contributed by atoms with Crippen molar-refractivity contribution in [1.82, 2.24) is 19.4 Å². The predicted octanol–water partition coefficient (Wildman–Crippen LogP) is 2.56. The fraction of sp³-hybridized carbons (Fsp3) is 0.278. The molecule has 6 nitrogen and oxygen atoms in total. The third-order valence-corrected chi connectivity index (χ3v) is 5.22. The minimum atomic E-state index is -0.384. The van der Waals surface area contributed by atoms with Crippen LogP contribution in [0.25, 0.3) is 5.69 Å². The van der Waals surface area contributed by atoms with Crippen LogP contribution in [-0.4, -0.2) is 20.0 Å². The summed E-state index contributed by atoms with van der Waals surface area (Å²) >= 11 is 1.19. The van der Waals surface area contributed by atoms with Crippen LogP contribution in [0.5, 0.6) is 0 Å². The van der Waals surface area contributed by atoms with Gasteiger partial charge in [-0.05, 0) is 31.5 Å². The van der Waals surface area contributed by atoms with Crippen LogP contribution in [-0.2, 0) is 17.9 Å². The number of hydrogen-bond acceptors (Lipinski definition) is 4. The summed E-state index contributed by atoms with van der Waals surface area (Å²) in [7, 11) is 0. The van der Waals surface area contributed by atoms with Crippen molar-refractivity contribution in [2.45, 2.75) is 33.4 Å². The Morgan fingerprint density at radius 3 is 2.77 bits per heavy atom. The first-order valence-electron chi connectivity index (χ1n) is 8.16. The third kappa shape index (κ3) is 3.91. The molecule has 0 aliphatic heterocycles. The molecule has 1 aromatic carbocycles. The molecule has 3 aromatic rings. The standard InChI is InChI=1S/C18H19FN4O2S/c1-12-13(2)26-18(25)23(12)7-5-17(24)21-10-14-3-4-16(15(19)9-14)22-8-6-20-11-22/h3-4,6,8-9,11H,5,7,10H2,1-2H3,(H,21,24). The van der Waals surface area contributed by atoms with E-state index in [4.69, 9.17) is 0 Å². The average molecular weight is 374 g/mol. The van der Waals surface area contributed by atoms with Gasteiger partial charge in [0.15, 0.2) is 0 Å². The normalized spacial score (nSPS) is 10.9. The Morgan fingerprint density at radius 1 is 1.35 bits per heavy atom. The van der Waals surface area contributed by atoms with Gasteiger partial charge < -0.3 is 14.5 Å². The Bertz CT molecular complexity index is 976. The molecule has 8 heteroatoms. The molecule has 3 rings (SSSR count). The fourth-order valence-electron chi connectivity index (χ4n) is 2.62. The molecule has 2 aromatic heterocycles. The molecule has 0 saturated carbocycles. The molecule has 2 heterocycles. The van der Waals surface area contributed by atoms with Crippen LogP contribution in [0.1, 0.15) is 22.6 Å². The second-order valence-electron chi connectivity index (χ2n) is 5.94. The molecule has 0 saturated heterocycles. The van der Waals surface area contributed by atoms with Gasteiger partial charge in [-0.3, -0.25) is 9.59 Å². The summed E-state index contributed by atoms with van der Waals surface area (Å²) in [6.45, 7) is 4.33. The summed E-state index contributed by atoms with van der Waals surface area (Å²) in [6.07, 6.45) is 4.97. The van der Waals surface area contributed by atoms with E-state index in [0.29, 0.717) is 17.8 Å². The number of hydrogen-bond donors (Lipinski definition) is 1. The van der Waals surface area contributed by atoms with Gasteiger partial charge in [-0.15, -0.1) is 0 Å². The van der Waals surface area contributed by atoms with Crippen molar-refractivity contribution in [3.8, 4) is 5.69 Å². The molecule has 0 fully saturated rings. The number of nitrogens with one attached hydrogen (secondary N) is 1. The van der Waals surface area contributed by atoms with E-state index in [1.54, 1.807) is 33.7 Å². The lowest BCUT2D eigenvalue weighted by atomic mass is 10.2. The fourth-order valence-corrected chi connectivity index (χ4v) is 3.48. The van der Waals surface area contributed by atoms with E-state index in [1.807, 2.05) is 13.8 Å². The SMILES string of the molecule is Cc1sc(=O)n(CCC(=O)NCc2ccc(-n3ccnc3)c(F)c2)c1C. The van der Waals surface area contributed by atoms with E-state index in [1.165, 1.54) is 23.7 Å². The number of imidazole rings is 1. The molecular formula is C18H19FN4O2S. The van der Waals surface area contributed by atoms with Gasteiger partial charge in [0, 0.05) is 42.5 Å². The number of rotatable bonds is 6. The Hall–Kier alpha value is -2.74. The molecule has 0 aliphatic rings. The molecule has 1 amide bonds. The van der Waals surface area contributed by atoms with Gasteiger partial charge in [0.05, 0.1) is 12.0 Å². The molecule has 0 spiro atoms. The van der Waals surface area contributed by atoms with E-state index in [9.17, 15) is 14.0 Å². The van der Waals surface area contributed by atoms with Crippen molar-refractivity contribution in [3.05, 3.63) is 68.5 Å². The lowest BCUT2D eigenvalue weighted by Gasteiger charge is -2.09. The number of thiazole rings is 1. The Balaban J connectivity index is 1.56. The van der Waals surface area contributed by atoms with Crippen LogP contribution in [0, 0.1) is 19.7 Å². The van der Waals surface area contributed by atoms with Crippen LogP contribution in [0.3, 0.4) is 0 Å². The van der Waals surface area contributed by atoms with E-state index >= 15 is 0 Å². The van der Waals surface area contributed by atoms with E-state index in [-0.39, 0.29) is 29.6 Å². The molecule has 26 heavy (non-hydrogen) atoms. The van der Waals surface area contributed by atoms with Gasteiger partial charge in [0.2, 0.25) is 5.91 Å². The number of halogens is 1. The zero-order chi connectivity index (χ0) is 18.7. The van der Waals surface area contributed by atoms with Crippen LogP contribution < -0.4 is 10.2 Å². The van der Waals surface area contributed by atoms with Crippen molar-refractivity contribution in [1.29, 1.82) is 0 Å². The van der Waals surface area contributed by atoms with Gasteiger partial charge in [-0.1, -0.05) is 17.4 Å². The van der Waals surface area contributed by atoms with Crippen LogP contribution in [0.4, 0.5) is 4.39 Å². The maximum absolute atomic E-state index is 14.2. The summed E-state index contributed by atoms with van der Waals surface area (Å²) in [4.78, 5) is 28.7. The van der Waals surface area contributed by atoms with Crippen molar-refractivity contribution in [2.75, 3.05) is 0 Å². The Morgan fingerprint density at radius 2 is 2.15 bits per heavy atom. The summed E-state index contributed by atoms with van der Waals surface area (Å²) in [6, 6.07) is 4.80. The van der Waals surface area contributed by atoms with Gasteiger partial charge in [-0.2, -0.15) is 0 Å². The van der Waals surface area contributed by atoms with Crippen LogP contribution in [0.15, 0.2) is 41.7 Å². The van der Waals surface area contributed by atoms with Gasteiger partial charge in [0.25, 0.3) is 0 Å². The predicted molar refractivity (Wildman–Crippen MR) is 98.0 cm³/mol. The van der Waals surface area contributed by atoms with Crippen molar-refractivity contribution in [3.63, 3.8) is 0 Å². The number of carbonyl (C=O) groups excluding carboxylic acids is 1. The number of aryl methyl sites for hydroxylation is 1. The van der Waals surface area contributed by atoms with E-state index < -0.39 is 0 Å². The number of nitrogens with zero attached hydrogens (tertiary/aromatic N) is 3. The minimum Gasteiger partial charge on any atom is -0.352 e. The first-order chi connectivity index (χ1) is 12.5. The molecule has 0 radical (unpaired) electrons. The maximum atomic E-state index is 14.2. The van der Waals surface area contributed by atoms with Gasteiger partial charge in [-0.25, -0.2) is 9.37 Å². The zero-order valence-electron chi connectivity index (χ0n) is 14.5. The highest BCUT2D eigenvalue weighted by Crippen LogP contribution is 2.15. The molecule has 0 bridgehead atoms. The molecule has 136 valence electrons. The maximum Gasteiger partial charge on any atom is 0.307 e. The minimum absolute atomic E-state index is 0.0510. The first-order valence-corrected chi connectivity index (χ1v) is 8.97. The lowest BCUT2D eigenvalue weighted by Crippen LogP contribution is -2.26. The third-order valence-electron chi connectivity index (χ3n) is 4.22. The molecule has 0 unspecified atom stereocenters. The Kier molecular flexibility index (Phi) is 5.32. The highest BCUT2D eigenvalue weighted by atomic mass is 32.1. The first kappa shape index (κ1) is 18.1. The largest absolute Gasteiger partial charge is 0.352 e. The number of carbonyl (C=O) groups is 1. The smallest absolute Gasteiger partial charge is 0.307 e. The highest BCUT2D eigenvalue weighted by molar-refractivity contribution is 7.09.